The second-order valence-corrected chi connectivity index (χ2v) is 4.15. The first-order valence-electron chi connectivity index (χ1n) is 4.82. The van der Waals surface area contributed by atoms with Gasteiger partial charge in [0, 0.05) is 25.6 Å². The van der Waals surface area contributed by atoms with E-state index in [1.54, 1.807) is 0 Å². The first kappa shape index (κ1) is 9.45. The van der Waals surface area contributed by atoms with E-state index in [-0.39, 0.29) is 5.91 Å². The number of carbonyl (C=O) groups excluding carboxylic acids is 2. The Morgan fingerprint density at radius 2 is 2.21 bits per heavy atom. The van der Waals surface area contributed by atoms with Gasteiger partial charge in [-0.2, -0.15) is 0 Å². The topological polar surface area (TPSA) is 58.6 Å². The van der Waals surface area contributed by atoms with Crippen molar-refractivity contribution in [1.29, 1.82) is 0 Å². The number of likely N-dealkylation sites (tertiary alicyclic amines) is 1. The first-order chi connectivity index (χ1) is 6.53. The summed E-state index contributed by atoms with van der Waals surface area (Å²) >= 11 is 0. The smallest absolute Gasteiger partial charge is 0.415 e. The van der Waals surface area contributed by atoms with Gasteiger partial charge in [-0.15, -0.1) is 0 Å². The van der Waals surface area contributed by atoms with Crippen molar-refractivity contribution in [3.05, 3.63) is 0 Å². The maximum Gasteiger partial charge on any atom is 0.415 e. The summed E-state index contributed by atoms with van der Waals surface area (Å²) in [4.78, 5) is 24.5. The highest BCUT2D eigenvalue weighted by molar-refractivity contribution is 6.03. The van der Waals surface area contributed by atoms with Crippen molar-refractivity contribution in [2.24, 2.45) is 0 Å². The minimum Gasteiger partial charge on any atom is -0.431 e. The Hall–Kier alpha value is -1.10. The van der Waals surface area contributed by atoms with Gasteiger partial charge in [-0.05, 0) is 13.8 Å². The molecule has 0 saturated carbocycles. The average molecular weight is 198 g/mol. The molecule has 2 amide bonds. The van der Waals surface area contributed by atoms with Gasteiger partial charge in [0.2, 0.25) is 5.60 Å². The second-order valence-electron chi connectivity index (χ2n) is 4.15. The van der Waals surface area contributed by atoms with Crippen LogP contribution in [0.3, 0.4) is 0 Å². The molecule has 2 heterocycles. The summed E-state index contributed by atoms with van der Waals surface area (Å²) in [6.45, 7) is 5.45. The molecule has 78 valence electrons. The number of imide groups is 1. The van der Waals surface area contributed by atoms with Crippen LogP contribution in [0.25, 0.3) is 0 Å². The average Bonchev–Trinajstić information content (AvgIpc) is 2.59. The third-order valence-corrected chi connectivity index (χ3v) is 2.91. The number of hydrogen-bond donors (Lipinski definition) is 1. The third-order valence-electron chi connectivity index (χ3n) is 2.91. The predicted molar refractivity (Wildman–Crippen MR) is 48.7 cm³/mol. The van der Waals surface area contributed by atoms with Crippen molar-refractivity contribution in [1.82, 2.24) is 10.2 Å². The zero-order valence-corrected chi connectivity index (χ0v) is 8.37. The highest BCUT2D eigenvalue weighted by Gasteiger charge is 2.53. The van der Waals surface area contributed by atoms with Gasteiger partial charge in [-0.3, -0.25) is 15.0 Å². The van der Waals surface area contributed by atoms with Gasteiger partial charge in [-0.25, -0.2) is 4.79 Å². The van der Waals surface area contributed by atoms with Crippen LogP contribution in [0.5, 0.6) is 0 Å². The summed E-state index contributed by atoms with van der Waals surface area (Å²) in [5, 5.41) is 2.18. The molecule has 0 aromatic carbocycles. The second kappa shape index (κ2) is 2.95. The summed E-state index contributed by atoms with van der Waals surface area (Å²) in [5.74, 6) is -0.286. The van der Waals surface area contributed by atoms with Crippen LogP contribution in [0.4, 0.5) is 4.79 Å². The lowest BCUT2D eigenvalue weighted by atomic mass is 10.0. The number of ether oxygens (including phenoxy) is 1. The number of rotatable bonds is 1. The van der Waals surface area contributed by atoms with Crippen LogP contribution in [0, 0.1) is 0 Å². The van der Waals surface area contributed by atoms with E-state index in [4.69, 9.17) is 4.74 Å². The van der Waals surface area contributed by atoms with Gasteiger partial charge in [0.15, 0.2) is 0 Å². The van der Waals surface area contributed by atoms with Crippen LogP contribution in [-0.2, 0) is 9.53 Å². The monoisotopic (exact) mass is 198 g/mol. The summed E-state index contributed by atoms with van der Waals surface area (Å²) in [7, 11) is 0. The minimum atomic E-state index is -0.901. The molecular weight excluding hydrogens is 184 g/mol. The molecule has 0 bridgehead atoms. The van der Waals surface area contributed by atoms with Crippen molar-refractivity contribution >= 4 is 12.0 Å². The van der Waals surface area contributed by atoms with Gasteiger partial charge < -0.3 is 4.74 Å². The number of carbonyl (C=O) groups is 2. The van der Waals surface area contributed by atoms with E-state index in [0.29, 0.717) is 19.0 Å². The number of alkyl carbamates (subject to hydrolysis) is 1. The molecule has 2 aliphatic heterocycles. The molecule has 1 unspecified atom stereocenters. The van der Waals surface area contributed by atoms with Crippen molar-refractivity contribution in [2.75, 3.05) is 13.1 Å². The van der Waals surface area contributed by atoms with Gasteiger partial charge in [-0.1, -0.05) is 0 Å². The van der Waals surface area contributed by atoms with Crippen molar-refractivity contribution < 1.29 is 14.3 Å². The molecule has 2 aliphatic rings. The Labute approximate surface area is 82.4 Å². The van der Waals surface area contributed by atoms with Crippen LogP contribution in [-0.4, -0.2) is 41.6 Å². The number of hydrogen-bond acceptors (Lipinski definition) is 4. The lowest BCUT2D eigenvalue weighted by molar-refractivity contribution is -0.130. The summed E-state index contributed by atoms with van der Waals surface area (Å²) in [5.41, 5.74) is -0.901. The minimum absolute atomic E-state index is 0.286. The molecule has 2 rings (SSSR count). The maximum atomic E-state index is 11.5. The van der Waals surface area contributed by atoms with E-state index >= 15 is 0 Å². The molecule has 0 aromatic rings. The molecule has 2 fully saturated rings. The van der Waals surface area contributed by atoms with Gasteiger partial charge in [0.1, 0.15) is 0 Å². The molecule has 14 heavy (non-hydrogen) atoms. The van der Waals surface area contributed by atoms with E-state index in [2.05, 4.69) is 24.1 Å². The standard InChI is InChI=1S/C9H14N2O3/c1-6(2)11-4-3-9(5-11)7(12)10-8(13)14-9/h6H,3-5H2,1-2H3,(H,10,12,13). The molecule has 1 N–H and O–H groups in total. The van der Waals surface area contributed by atoms with E-state index < -0.39 is 11.7 Å². The fourth-order valence-electron chi connectivity index (χ4n) is 1.98. The Balaban J connectivity index is 2.13. The molecule has 5 nitrogen and oxygen atoms in total. The molecule has 2 saturated heterocycles. The molecule has 0 radical (unpaired) electrons. The summed E-state index contributed by atoms with van der Waals surface area (Å²) in [6, 6.07) is 0.376. The summed E-state index contributed by atoms with van der Waals surface area (Å²) < 4.78 is 5.06. The lowest BCUT2D eigenvalue weighted by Gasteiger charge is -2.22. The van der Waals surface area contributed by atoms with Crippen molar-refractivity contribution in [3.63, 3.8) is 0 Å². The number of amides is 2. The molecule has 0 aromatic heterocycles. The largest absolute Gasteiger partial charge is 0.431 e. The van der Waals surface area contributed by atoms with E-state index in [1.165, 1.54) is 0 Å². The predicted octanol–water partition coefficient (Wildman–Crippen LogP) is 0.106. The van der Waals surface area contributed by atoms with Crippen LogP contribution >= 0.6 is 0 Å². The summed E-state index contributed by atoms with van der Waals surface area (Å²) in [6.07, 6.45) is -0.0106. The Morgan fingerprint density at radius 1 is 1.50 bits per heavy atom. The van der Waals surface area contributed by atoms with Crippen molar-refractivity contribution in [2.45, 2.75) is 31.9 Å². The van der Waals surface area contributed by atoms with E-state index in [1.807, 2.05) is 0 Å². The zero-order chi connectivity index (χ0) is 10.3. The fraction of sp³-hybridized carbons (Fsp3) is 0.778. The SMILES string of the molecule is CC(C)N1CCC2(C1)OC(=O)NC2=O. The molecule has 1 spiro atoms. The van der Waals surface area contributed by atoms with E-state index in [0.717, 1.165) is 6.54 Å². The van der Waals surface area contributed by atoms with Crippen LogP contribution in [0.2, 0.25) is 0 Å². The Bertz CT molecular complexity index is 290. The lowest BCUT2D eigenvalue weighted by Crippen LogP contribution is -2.43. The normalized spacial score (nSPS) is 32.8. The molecular formula is C9H14N2O3. The zero-order valence-electron chi connectivity index (χ0n) is 8.37. The fourth-order valence-corrected chi connectivity index (χ4v) is 1.98. The molecule has 5 heteroatoms. The maximum absolute atomic E-state index is 11.5. The quantitative estimate of drug-likeness (QED) is 0.649. The van der Waals surface area contributed by atoms with E-state index in [9.17, 15) is 9.59 Å². The number of nitrogens with one attached hydrogen (secondary N) is 1. The Morgan fingerprint density at radius 3 is 2.64 bits per heavy atom. The number of nitrogens with zero attached hydrogens (tertiary/aromatic N) is 1. The van der Waals surface area contributed by atoms with Crippen LogP contribution in [0.1, 0.15) is 20.3 Å². The molecule has 1 atom stereocenters. The highest BCUT2D eigenvalue weighted by Crippen LogP contribution is 2.30. The highest BCUT2D eigenvalue weighted by atomic mass is 16.6. The van der Waals surface area contributed by atoms with Crippen LogP contribution < -0.4 is 5.32 Å². The first-order valence-corrected chi connectivity index (χ1v) is 4.82. The van der Waals surface area contributed by atoms with Crippen LogP contribution in [0.15, 0.2) is 0 Å². The molecule has 0 aliphatic carbocycles. The van der Waals surface area contributed by atoms with Gasteiger partial charge in [0.25, 0.3) is 5.91 Å². The van der Waals surface area contributed by atoms with Gasteiger partial charge in [0.05, 0.1) is 0 Å². The van der Waals surface area contributed by atoms with Crippen molar-refractivity contribution in [3.8, 4) is 0 Å². The Kier molecular flexibility index (Phi) is 1.99. The van der Waals surface area contributed by atoms with Gasteiger partial charge >= 0.3 is 6.09 Å². The third kappa shape index (κ3) is 1.28.